The smallest absolute Gasteiger partial charge is 0.158 e. The average Bonchev–Trinajstić information content (AvgIpc) is 2.83. The number of nitriles is 1. The van der Waals surface area contributed by atoms with Crippen LogP contribution in [0.2, 0.25) is 0 Å². The van der Waals surface area contributed by atoms with Gasteiger partial charge in [-0.25, -0.2) is 0 Å². The van der Waals surface area contributed by atoms with Crippen molar-refractivity contribution in [1.82, 2.24) is 5.32 Å². The molecule has 0 aromatic carbocycles. The van der Waals surface area contributed by atoms with E-state index in [1.807, 2.05) is 32.2 Å². The van der Waals surface area contributed by atoms with Crippen LogP contribution in [0.15, 0.2) is 38.4 Å². The minimum atomic E-state index is -0.421. The Labute approximate surface area is 122 Å². The van der Waals surface area contributed by atoms with Crippen molar-refractivity contribution in [3.05, 3.63) is 45.5 Å². The van der Waals surface area contributed by atoms with E-state index in [4.69, 9.17) is 4.42 Å². The summed E-state index contributed by atoms with van der Waals surface area (Å²) in [5.41, 5.74) is 1.90. The molecule has 0 saturated heterocycles. The molecule has 5 heteroatoms. The van der Waals surface area contributed by atoms with Crippen LogP contribution in [0.1, 0.15) is 31.3 Å². The molecule has 1 N–H and O–H groups in total. The minimum absolute atomic E-state index is 0.0537. The molecule has 1 aliphatic heterocycles. The van der Waals surface area contributed by atoms with Gasteiger partial charge in [0, 0.05) is 11.3 Å². The number of thioether (sulfide) groups is 1. The third-order valence-corrected chi connectivity index (χ3v) is 4.01. The van der Waals surface area contributed by atoms with Gasteiger partial charge < -0.3 is 9.73 Å². The summed E-state index contributed by atoms with van der Waals surface area (Å²) < 4.78 is 5.67. The molecule has 0 bridgehead atoms. The summed E-state index contributed by atoms with van der Waals surface area (Å²) in [6.45, 7) is 5.21. The second-order valence-corrected chi connectivity index (χ2v) is 5.48. The van der Waals surface area contributed by atoms with Crippen molar-refractivity contribution in [2.45, 2.75) is 26.7 Å². The molecular formula is C15H16N2O2S. The van der Waals surface area contributed by atoms with Crippen molar-refractivity contribution < 1.29 is 9.21 Å². The number of carbonyl (C=O) groups is 1. The number of dihydropyridines is 1. The number of ketones is 1. The summed E-state index contributed by atoms with van der Waals surface area (Å²) in [4.78, 5) is 12.0. The van der Waals surface area contributed by atoms with Gasteiger partial charge in [0.15, 0.2) is 5.78 Å². The fraction of sp³-hybridized carbons (Fsp3) is 0.333. The SMILES string of the molecule is CSC1=C(C#N)[C@H](c2ccc(C)o2)C(C(C)=O)=C(C)N1. The molecule has 0 unspecified atom stereocenters. The fourth-order valence-corrected chi connectivity index (χ4v) is 3.07. The summed E-state index contributed by atoms with van der Waals surface area (Å²) in [5.74, 6) is 0.926. The maximum Gasteiger partial charge on any atom is 0.158 e. The average molecular weight is 288 g/mol. The number of hydrogen-bond donors (Lipinski definition) is 1. The third-order valence-electron chi connectivity index (χ3n) is 3.28. The zero-order chi connectivity index (χ0) is 14.9. The van der Waals surface area contributed by atoms with Gasteiger partial charge in [-0.05, 0) is 39.2 Å². The van der Waals surface area contributed by atoms with Crippen molar-refractivity contribution >= 4 is 17.5 Å². The molecule has 0 radical (unpaired) electrons. The molecular weight excluding hydrogens is 272 g/mol. The van der Waals surface area contributed by atoms with Crippen LogP contribution in [-0.4, -0.2) is 12.0 Å². The number of carbonyl (C=O) groups excluding carboxylic acids is 1. The zero-order valence-corrected chi connectivity index (χ0v) is 12.7. The third kappa shape index (κ3) is 2.39. The molecule has 104 valence electrons. The highest BCUT2D eigenvalue weighted by molar-refractivity contribution is 8.02. The number of nitrogens with zero attached hydrogens (tertiary/aromatic N) is 1. The van der Waals surface area contributed by atoms with Crippen molar-refractivity contribution in [2.75, 3.05) is 6.26 Å². The normalized spacial score (nSPS) is 18.9. The highest BCUT2D eigenvalue weighted by Gasteiger charge is 2.34. The van der Waals surface area contributed by atoms with Crippen LogP contribution in [0.4, 0.5) is 0 Å². The molecule has 0 spiro atoms. The van der Waals surface area contributed by atoms with Crippen molar-refractivity contribution in [3.63, 3.8) is 0 Å². The number of hydrogen-bond acceptors (Lipinski definition) is 5. The van der Waals surface area contributed by atoms with Crippen molar-refractivity contribution in [3.8, 4) is 6.07 Å². The van der Waals surface area contributed by atoms with Gasteiger partial charge in [0.2, 0.25) is 0 Å². The zero-order valence-electron chi connectivity index (χ0n) is 11.9. The molecule has 1 atom stereocenters. The van der Waals surface area contributed by atoms with E-state index < -0.39 is 5.92 Å². The van der Waals surface area contributed by atoms with Crippen LogP contribution in [0, 0.1) is 18.3 Å². The first-order valence-corrected chi connectivity index (χ1v) is 7.45. The molecule has 1 aromatic heterocycles. The van der Waals surface area contributed by atoms with Gasteiger partial charge in [-0.3, -0.25) is 4.79 Å². The van der Waals surface area contributed by atoms with Gasteiger partial charge in [0.1, 0.15) is 11.5 Å². The van der Waals surface area contributed by atoms with Crippen LogP contribution in [0.25, 0.3) is 0 Å². The van der Waals surface area contributed by atoms with Crippen molar-refractivity contribution in [1.29, 1.82) is 5.26 Å². The first-order chi connectivity index (χ1) is 9.49. The lowest BCUT2D eigenvalue weighted by Gasteiger charge is -2.27. The predicted octanol–water partition coefficient (Wildman–Crippen LogP) is 3.24. The number of rotatable bonds is 3. The fourth-order valence-electron chi connectivity index (χ4n) is 2.43. The van der Waals surface area contributed by atoms with Gasteiger partial charge in [0.25, 0.3) is 0 Å². The van der Waals surface area contributed by atoms with E-state index in [2.05, 4.69) is 11.4 Å². The monoisotopic (exact) mass is 288 g/mol. The molecule has 2 rings (SSSR count). The summed E-state index contributed by atoms with van der Waals surface area (Å²) in [7, 11) is 0. The number of allylic oxidation sites excluding steroid dienone is 3. The number of furan rings is 1. The Bertz CT molecular complexity index is 662. The van der Waals surface area contributed by atoms with Crippen molar-refractivity contribution in [2.24, 2.45) is 0 Å². The van der Waals surface area contributed by atoms with Crippen LogP contribution < -0.4 is 5.32 Å². The minimum Gasteiger partial charge on any atom is -0.465 e. The molecule has 0 saturated carbocycles. The van der Waals surface area contributed by atoms with E-state index in [1.54, 1.807) is 0 Å². The lowest BCUT2D eigenvalue weighted by atomic mass is 9.84. The Morgan fingerprint density at radius 3 is 2.60 bits per heavy atom. The Morgan fingerprint density at radius 2 is 2.15 bits per heavy atom. The molecule has 1 aliphatic rings. The van der Waals surface area contributed by atoms with E-state index in [9.17, 15) is 10.1 Å². The maximum absolute atomic E-state index is 12.0. The second kappa shape index (κ2) is 5.59. The first kappa shape index (κ1) is 14.5. The number of Topliss-reactive ketones (excluding diaryl/α,β-unsaturated/α-hetero) is 1. The molecule has 4 nitrogen and oxygen atoms in total. The molecule has 0 fully saturated rings. The second-order valence-electron chi connectivity index (χ2n) is 4.66. The van der Waals surface area contributed by atoms with Gasteiger partial charge in [-0.15, -0.1) is 11.8 Å². The van der Waals surface area contributed by atoms with Crippen LogP contribution in [0.3, 0.4) is 0 Å². The summed E-state index contributed by atoms with van der Waals surface area (Å²) in [6.07, 6.45) is 1.90. The standard InChI is InChI=1S/C15H16N2O2S/c1-8-5-6-12(19-8)14-11(7-16)15(20-4)17-9(2)13(14)10(3)18/h5-6,14,17H,1-4H3/t14-/m1/s1. The van der Waals surface area contributed by atoms with E-state index in [0.29, 0.717) is 16.9 Å². The Balaban J connectivity index is 2.65. The molecule has 20 heavy (non-hydrogen) atoms. The van der Waals surface area contributed by atoms with Crippen LogP contribution in [-0.2, 0) is 4.79 Å². The predicted molar refractivity (Wildman–Crippen MR) is 78.9 cm³/mol. The lowest BCUT2D eigenvalue weighted by Crippen LogP contribution is -2.26. The van der Waals surface area contributed by atoms with E-state index >= 15 is 0 Å². The van der Waals surface area contributed by atoms with Crippen LogP contribution in [0.5, 0.6) is 0 Å². The quantitative estimate of drug-likeness (QED) is 0.925. The van der Waals surface area contributed by atoms with Gasteiger partial charge >= 0.3 is 0 Å². The van der Waals surface area contributed by atoms with E-state index in [1.165, 1.54) is 18.7 Å². The summed E-state index contributed by atoms with van der Waals surface area (Å²) in [6, 6.07) is 5.89. The summed E-state index contributed by atoms with van der Waals surface area (Å²) in [5, 5.41) is 13.4. The molecule has 2 heterocycles. The van der Waals surface area contributed by atoms with Gasteiger partial charge in [0.05, 0.1) is 22.6 Å². The number of nitrogens with one attached hydrogen (secondary N) is 1. The van der Waals surface area contributed by atoms with Crippen LogP contribution >= 0.6 is 11.8 Å². The molecule has 0 amide bonds. The molecule has 0 aliphatic carbocycles. The highest BCUT2D eigenvalue weighted by atomic mass is 32.2. The Morgan fingerprint density at radius 1 is 1.45 bits per heavy atom. The topological polar surface area (TPSA) is 66.0 Å². The first-order valence-electron chi connectivity index (χ1n) is 6.23. The van der Waals surface area contributed by atoms with E-state index in [-0.39, 0.29) is 5.78 Å². The van der Waals surface area contributed by atoms with E-state index in [0.717, 1.165) is 16.5 Å². The largest absolute Gasteiger partial charge is 0.465 e. The highest BCUT2D eigenvalue weighted by Crippen LogP contribution is 2.40. The van der Waals surface area contributed by atoms with Gasteiger partial charge in [-0.1, -0.05) is 0 Å². The maximum atomic E-state index is 12.0. The Hall–Kier alpha value is -1.93. The Kier molecular flexibility index (Phi) is 4.05. The molecule has 1 aromatic rings. The van der Waals surface area contributed by atoms with Gasteiger partial charge in [-0.2, -0.15) is 5.26 Å². The lowest BCUT2D eigenvalue weighted by molar-refractivity contribution is -0.113. The number of aryl methyl sites for hydroxylation is 1. The summed E-state index contributed by atoms with van der Waals surface area (Å²) >= 11 is 1.46.